The number of H-pyrrole nitrogens is 1. The number of pyridine rings is 1. The summed E-state index contributed by atoms with van der Waals surface area (Å²) in [5.74, 6) is 1.85. The van der Waals surface area contributed by atoms with Gasteiger partial charge in [0.2, 0.25) is 11.9 Å². The smallest absolute Gasteiger partial charge is 0.231 e. The lowest BCUT2D eigenvalue weighted by atomic mass is 10.0. The third-order valence-corrected chi connectivity index (χ3v) is 5.55. The molecule has 5 heterocycles. The van der Waals surface area contributed by atoms with Gasteiger partial charge in [-0.3, -0.25) is 4.79 Å². The van der Waals surface area contributed by atoms with Crippen LogP contribution in [0.15, 0.2) is 24.5 Å². The first-order valence-electron chi connectivity index (χ1n) is 9.17. The maximum Gasteiger partial charge on any atom is 0.231 e. The molecule has 2 saturated heterocycles. The molecule has 0 aromatic carbocycles. The summed E-state index contributed by atoms with van der Waals surface area (Å²) < 4.78 is 0. The highest BCUT2D eigenvalue weighted by Gasteiger charge is 2.43. The van der Waals surface area contributed by atoms with Crippen molar-refractivity contribution in [2.75, 3.05) is 29.9 Å². The van der Waals surface area contributed by atoms with Crippen LogP contribution in [0.2, 0.25) is 0 Å². The predicted molar refractivity (Wildman–Crippen MR) is 103 cm³/mol. The van der Waals surface area contributed by atoms with Gasteiger partial charge in [0.15, 0.2) is 0 Å². The second-order valence-electron chi connectivity index (χ2n) is 7.33. The van der Waals surface area contributed by atoms with E-state index in [1.54, 1.807) is 6.20 Å². The van der Waals surface area contributed by atoms with Crippen molar-refractivity contribution < 1.29 is 4.79 Å². The lowest BCUT2D eigenvalue weighted by Crippen LogP contribution is -2.30. The molecule has 0 saturated carbocycles. The first kappa shape index (κ1) is 16.2. The van der Waals surface area contributed by atoms with Crippen LogP contribution in [0.3, 0.4) is 0 Å². The van der Waals surface area contributed by atoms with Gasteiger partial charge in [0.1, 0.15) is 11.5 Å². The van der Waals surface area contributed by atoms with E-state index < -0.39 is 0 Å². The van der Waals surface area contributed by atoms with E-state index >= 15 is 0 Å². The summed E-state index contributed by atoms with van der Waals surface area (Å²) in [7, 11) is 0. The maximum absolute atomic E-state index is 12.5. The van der Waals surface area contributed by atoms with Crippen molar-refractivity contribution in [1.82, 2.24) is 25.3 Å². The Morgan fingerprint density at radius 1 is 1.22 bits per heavy atom. The molecule has 0 spiro atoms. The molecule has 2 atom stereocenters. The van der Waals surface area contributed by atoms with Gasteiger partial charge < -0.3 is 20.5 Å². The number of carbonyl (C=O) groups excluding carboxylic acids is 1. The zero-order valence-electron chi connectivity index (χ0n) is 15.3. The van der Waals surface area contributed by atoms with E-state index in [0.29, 0.717) is 17.7 Å². The molecule has 27 heavy (non-hydrogen) atoms. The summed E-state index contributed by atoms with van der Waals surface area (Å²) in [5.41, 5.74) is 3.70. The fraction of sp³-hybridized carbons (Fsp3) is 0.368. The summed E-state index contributed by atoms with van der Waals surface area (Å²) in [6, 6.07) is 3.78. The Bertz CT molecular complexity index is 1030. The quantitative estimate of drug-likeness (QED) is 0.657. The van der Waals surface area contributed by atoms with Gasteiger partial charge in [-0.2, -0.15) is 4.98 Å². The molecule has 3 aromatic rings. The van der Waals surface area contributed by atoms with E-state index in [-0.39, 0.29) is 11.8 Å². The molecular weight excluding hydrogens is 342 g/mol. The third kappa shape index (κ3) is 2.64. The highest BCUT2D eigenvalue weighted by Crippen LogP contribution is 2.32. The summed E-state index contributed by atoms with van der Waals surface area (Å²) in [5, 5.41) is 7.49. The van der Waals surface area contributed by atoms with Crippen molar-refractivity contribution in [3.63, 3.8) is 0 Å². The molecule has 138 valence electrons. The number of hydrogen-bond acceptors (Lipinski definition) is 6. The van der Waals surface area contributed by atoms with Crippen LogP contribution in [0.1, 0.15) is 11.3 Å². The molecule has 8 nitrogen and oxygen atoms in total. The maximum atomic E-state index is 12.5. The van der Waals surface area contributed by atoms with Crippen molar-refractivity contribution in [2.24, 2.45) is 11.8 Å². The van der Waals surface area contributed by atoms with Crippen LogP contribution in [-0.4, -0.2) is 45.5 Å². The van der Waals surface area contributed by atoms with Gasteiger partial charge >= 0.3 is 0 Å². The first-order chi connectivity index (χ1) is 13.1. The molecule has 0 aliphatic carbocycles. The fourth-order valence-corrected chi connectivity index (χ4v) is 4.16. The minimum atomic E-state index is 0.107. The molecule has 0 radical (unpaired) electrons. The highest BCUT2D eigenvalue weighted by atomic mass is 16.2. The van der Waals surface area contributed by atoms with Crippen LogP contribution in [0.5, 0.6) is 0 Å². The van der Waals surface area contributed by atoms with E-state index in [4.69, 9.17) is 0 Å². The number of hydrogen-bond donors (Lipinski definition) is 3. The molecule has 3 aromatic heterocycles. The van der Waals surface area contributed by atoms with Gasteiger partial charge in [-0.15, -0.1) is 0 Å². The lowest BCUT2D eigenvalue weighted by Gasteiger charge is -2.17. The summed E-state index contributed by atoms with van der Waals surface area (Å²) in [6.07, 6.45) is 3.67. The van der Waals surface area contributed by atoms with Gasteiger partial charge in [0, 0.05) is 37.1 Å². The average Bonchev–Trinajstić information content (AvgIpc) is 3.33. The number of aromatic amines is 1. The SMILES string of the molecule is Cc1c[nH]c2nc(Nc3ccc(N4C[C@H]5CNC[C@H]5C4=O)cn3)nc(C)c12. The van der Waals surface area contributed by atoms with Gasteiger partial charge in [-0.05, 0) is 31.5 Å². The minimum absolute atomic E-state index is 0.107. The Labute approximate surface area is 156 Å². The molecule has 2 aliphatic heterocycles. The number of aromatic nitrogens is 4. The predicted octanol–water partition coefficient (Wildman–Crippen LogP) is 1.90. The second kappa shape index (κ2) is 6.02. The number of rotatable bonds is 3. The standard InChI is InChI=1S/C19H21N7O/c1-10-5-22-17-16(10)11(2)23-19(25-17)24-15-4-3-13(7-21-15)26-9-12-6-20-8-14(12)18(26)27/h3-5,7,12,14,20H,6,8-9H2,1-2H3,(H2,21,22,23,24,25)/t12-,14-/m1/s1. The topological polar surface area (TPSA) is 98.8 Å². The van der Waals surface area contributed by atoms with E-state index in [2.05, 4.69) is 30.6 Å². The van der Waals surface area contributed by atoms with Crippen molar-refractivity contribution in [3.05, 3.63) is 35.8 Å². The number of amides is 1. The number of aryl methyl sites for hydroxylation is 2. The van der Waals surface area contributed by atoms with Crippen LogP contribution in [0, 0.1) is 25.7 Å². The van der Waals surface area contributed by atoms with Gasteiger partial charge in [0.25, 0.3) is 0 Å². The molecule has 8 heteroatoms. The molecular formula is C19H21N7O. The van der Waals surface area contributed by atoms with Crippen LogP contribution in [-0.2, 0) is 4.79 Å². The Balaban J connectivity index is 1.36. The molecule has 5 rings (SSSR count). The van der Waals surface area contributed by atoms with Gasteiger partial charge in [-0.1, -0.05) is 0 Å². The molecule has 0 unspecified atom stereocenters. The number of anilines is 3. The zero-order chi connectivity index (χ0) is 18.5. The molecule has 0 bridgehead atoms. The zero-order valence-corrected chi connectivity index (χ0v) is 15.3. The monoisotopic (exact) mass is 363 g/mol. The van der Waals surface area contributed by atoms with Crippen molar-refractivity contribution in [3.8, 4) is 0 Å². The van der Waals surface area contributed by atoms with Gasteiger partial charge in [-0.25, -0.2) is 9.97 Å². The van der Waals surface area contributed by atoms with Crippen LogP contribution >= 0.6 is 0 Å². The van der Waals surface area contributed by atoms with Crippen molar-refractivity contribution in [1.29, 1.82) is 0 Å². The van der Waals surface area contributed by atoms with E-state index in [1.807, 2.05) is 37.1 Å². The first-order valence-corrected chi connectivity index (χ1v) is 9.17. The fourth-order valence-electron chi connectivity index (χ4n) is 4.16. The van der Waals surface area contributed by atoms with Crippen molar-refractivity contribution in [2.45, 2.75) is 13.8 Å². The van der Waals surface area contributed by atoms with Gasteiger partial charge in [0.05, 0.1) is 23.5 Å². The second-order valence-corrected chi connectivity index (χ2v) is 7.33. The Morgan fingerprint density at radius 3 is 2.89 bits per heavy atom. The lowest BCUT2D eigenvalue weighted by molar-refractivity contribution is -0.120. The van der Waals surface area contributed by atoms with Crippen molar-refractivity contribution >= 4 is 34.4 Å². The normalized spacial score (nSPS) is 21.9. The summed E-state index contributed by atoms with van der Waals surface area (Å²) in [4.78, 5) is 31.1. The van der Waals surface area contributed by atoms with E-state index in [1.165, 1.54) is 0 Å². The molecule has 3 N–H and O–H groups in total. The molecule has 2 aliphatic rings. The van der Waals surface area contributed by atoms with E-state index in [0.717, 1.165) is 47.6 Å². The van der Waals surface area contributed by atoms with E-state index in [9.17, 15) is 4.79 Å². The number of nitrogens with one attached hydrogen (secondary N) is 3. The average molecular weight is 363 g/mol. The third-order valence-electron chi connectivity index (χ3n) is 5.55. The van der Waals surface area contributed by atoms with Crippen LogP contribution in [0.4, 0.5) is 17.5 Å². The minimum Gasteiger partial charge on any atom is -0.346 e. The highest BCUT2D eigenvalue weighted by molar-refractivity contribution is 5.98. The molecule has 1 amide bonds. The number of nitrogens with zero attached hydrogens (tertiary/aromatic N) is 4. The Morgan fingerprint density at radius 2 is 2.11 bits per heavy atom. The van der Waals surface area contributed by atoms with Crippen LogP contribution < -0.4 is 15.5 Å². The van der Waals surface area contributed by atoms with Crippen LogP contribution in [0.25, 0.3) is 11.0 Å². The Hall–Kier alpha value is -3.00. The molecule has 2 fully saturated rings. The number of carbonyl (C=O) groups is 1. The largest absolute Gasteiger partial charge is 0.346 e. The number of fused-ring (bicyclic) bond motifs is 2. The summed E-state index contributed by atoms with van der Waals surface area (Å²) in [6.45, 7) is 6.46. The Kier molecular flexibility index (Phi) is 3.61. The summed E-state index contributed by atoms with van der Waals surface area (Å²) >= 11 is 0.